The van der Waals surface area contributed by atoms with Gasteiger partial charge in [0.2, 0.25) is 5.91 Å². The maximum Gasteiger partial charge on any atom is 0.319 e. The Kier molecular flexibility index (Phi) is 3.84. The van der Waals surface area contributed by atoms with Gasteiger partial charge in [-0.1, -0.05) is 20.8 Å². The van der Waals surface area contributed by atoms with E-state index in [1.54, 1.807) is 7.11 Å². The van der Waals surface area contributed by atoms with Crippen molar-refractivity contribution in [1.29, 1.82) is 0 Å². The Labute approximate surface area is 120 Å². The molecule has 2 aliphatic carbocycles. The first-order valence-electron chi connectivity index (χ1n) is 7.46. The maximum atomic E-state index is 12.3. The van der Waals surface area contributed by atoms with Gasteiger partial charge in [-0.05, 0) is 25.7 Å². The molecule has 5 nitrogen and oxygen atoms in total. The van der Waals surface area contributed by atoms with Gasteiger partial charge in [0.15, 0.2) is 0 Å². The van der Waals surface area contributed by atoms with Gasteiger partial charge in [-0.3, -0.25) is 9.59 Å². The predicted molar refractivity (Wildman–Crippen MR) is 74.2 cm³/mol. The van der Waals surface area contributed by atoms with Crippen LogP contribution >= 0.6 is 0 Å². The van der Waals surface area contributed by atoms with Crippen LogP contribution < -0.4 is 5.32 Å². The Morgan fingerprint density at radius 2 is 1.85 bits per heavy atom. The first-order chi connectivity index (χ1) is 9.39. The summed E-state index contributed by atoms with van der Waals surface area (Å²) in [6.45, 7) is 6.26. The highest BCUT2D eigenvalue weighted by molar-refractivity contribution is 6.05. The van der Waals surface area contributed by atoms with Gasteiger partial charge >= 0.3 is 5.97 Å². The molecule has 1 amide bonds. The van der Waals surface area contributed by atoms with Gasteiger partial charge in [-0.15, -0.1) is 0 Å². The summed E-state index contributed by atoms with van der Waals surface area (Å²) in [6, 6.07) is 0.00627. The maximum absolute atomic E-state index is 12.3. The molecule has 2 rings (SSSR count). The van der Waals surface area contributed by atoms with Gasteiger partial charge in [0.05, 0.1) is 6.10 Å². The van der Waals surface area contributed by atoms with E-state index in [-0.39, 0.29) is 29.4 Å². The van der Waals surface area contributed by atoms with E-state index in [2.05, 4.69) is 26.1 Å². The lowest BCUT2D eigenvalue weighted by Gasteiger charge is -2.59. The molecule has 5 heteroatoms. The number of carbonyl (C=O) groups excluding carboxylic acids is 1. The number of nitrogens with one attached hydrogen (secondary N) is 1. The normalized spacial score (nSPS) is 33.1. The molecule has 114 valence electrons. The second-order valence-electron chi connectivity index (χ2n) is 6.29. The van der Waals surface area contributed by atoms with Crippen LogP contribution in [-0.4, -0.2) is 36.2 Å². The molecule has 0 saturated heterocycles. The van der Waals surface area contributed by atoms with E-state index in [9.17, 15) is 14.7 Å². The van der Waals surface area contributed by atoms with E-state index in [0.29, 0.717) is 12.8 Å². The van der Waals surface area contributed by atoms with Crippen LogP contribution in [0.1, 0.15) is 46.5 Å². The fraction of sp³-hybridized carbons (Fsp3) is 0.867. The molecule has 2 fully saturated rings. The monoisotopic (exact) mass is 283 g/mol. The summed E-state index contributed by atoms with van der Waals surface area (Å²) in [5.41, 5.74) is -1.23. The summed E-state index contributed by atoms with van der Waals surface area (Å²) in [7, 11) is 1.71. The van der Waals surface area contributed by atoms with Crippen LogP contribution in [0.25, 0.3) is 0 Å². The average Bonchev–Trinajstić information content (AvgIpc) is 3.22. The lowest BCUT2D eigenvalue weighted by Crippen LogP contribution is -2.70. The highest BCUT2D eigenvalue weighted by Gasteiger charge is 2.62. The number of aliphatic carboxylic acids is 1. The Balaban J connectivity index is 2.13. The largest absolute Gasteiger partial charge is 0.480 e. The number of carboxylic acid groups (broad SMARTS) is 1. The van der Waals surface area contributed by atoms with Crippen LogP contribution in [0.5, 0.6) is 0 Å². The van der Waals surface area contributed by atoms with E-state index in [1.165, 1.54) is 0 Å². The Hall–Kier alpha value is -1.10. The minimum Gasteiger partial charge on any atom is -0.480 e. The van der Waals surface area contributed by atoms with Crippen molar-refractivity contribution in [2.24, 2.45) is 16.7 Å². The number of carboxylic acids is 1. The summed E-state index contributed by atoms with van der Waals surface area (Å²) in [6.07, 6.45) is 2.86. The Morgan fingerprint density at radius 1 is 1.30 bits per heavy atom. The zero-order valence-electron chi connectivity index (χ0n) is 12.7. The minimum absolute atomic E-state index is 0.00627. The third-order valence-corrected chi connectivity index (χ3v) is 5.64. The van der Waals surface area contributed by atoms with E-state index < -0.39 is 11.4 Å². The van der Waals surface area contributed by atoms with Crippen molar-refractivity contribution < 1.29 is 19.4 Å². The highest BCUT2D eigenvalue weighted by Crippen LogP contribution is 2.53. The third kappa shape index (κ3) is 1.86. The number of ether oxygens (including phenoxy) is 1. The number of methoxy groups -OCH3 is 1. The van der Waals surface area contributed by atoms with Crippen LogP contribution in [0.2, 0.25) is 0 Å². The number of carbonyl (C=O) groups is 2. The molecule has 3 unspecified atom stereocenters. The molecule has 2 aliphatic rings. The zero-order chi connectivity index (χ0) is 15.1. The minimum atomic E-state index is -1.16. The third-order valence-electron chi connectivity index (χ3n) is 5.64. The van der Waals surface area contributed by atoms with E-state index in [0.717, 1.165) is 12.8 Å². The van der Waals surface area contributed by atoms with Gasteiger partial charge < -0.3 is 15.2 Å². The molecule has 20 heavy (non-hydrogen) atoms. The lowest BCUT2D eigenvalue weighted by atomic mass is 9.53. The van der Waals surface area contributed by atoms with Crippen molar-refractivity contribution in [2.75, 3.05) is 7.11 Å². The second-order valence-corrected chi connectivity index (χ2v) is 6.29. The SMILES string of the molecule is CCC1(CC)C(NC(=O)C2(C(=O)O)CC2)C(C)C1OC. The van der Waals surface area contributed by atoms with E-state index in [1.807, 2.05) is 0 Å². The molecule has 2 N–H and O–H groups in total. The summed E-state index contributed by atoms with van der Waals surface area (Å²) < 4.78 is 5.59. The van der Waals surface area contributed by atoms with Crippen LogP contribution in [-0.2, 0) is 14.3 Å². The molecular formula is C15H25NO4. The number of rotatable bonds is 6. The van der Waals surface area contributed by atoms with Crippen LogP contribution in [0.4, 0.5) is 0 Å². The highest BCUT2D eigenvalue weighted by atomic mass is 16.5. The average molecular weight is 283 g/mol. The summed E-state index contributed by atoms with van der Waals surface area (Å²) in [4.78, 5) is 23.5. The van der Waals surface area contributed by atoms with Crippen molar-refractivity contribution in [2.45, 2.75) is 58.6 Å². The Bertz CT molecular complexity index is 412. The molecule has 0 aromatic carbocycles. The first-order valence-corrected chi connectivity index (χ1v) is 7.46. The zero-order valence-corrected chi connectivity index (χ0v) is 12.7. The standard InChI is InChI=1S/C15H25NO4/c1-5-14(6-2)10(9(3)11(14)20-4)16-12(17)15(7-8-15)13(18)19/h9-11H,5-8H2,1-4H3,(H,16,17)(H,18,19). The predicted octanol–water partition coefficient (Wildman–Crippen LogP) is 1.81. The number of hydrogen-bond donors (Lipinski definition) is 2. The first kappa shape index (κ1) is 15.3. The van der Waals surface area contributed by atoms with Gasteiger partial charge in [0.1, 0.15) is 5.41 Å². The van der Waals surface area contributed by atoms with Crippen molar-refractivity contribution in [1.82, 2.24) is 5.32 Å². The van der Waals surface area contributed by atoms with Crippen molar-refractivity contribution in [3.8, 4) is 0 Å². The van der Waals surface area contributed by atoms with Crippen LogP contribution in [0, 0.1) is 16.7 Å². The molecule has 3 atom stereocenters. The Morgan fingerprint density at radius 3 is 2.20 bits per heavy atom. The van der Waals surface area contributed by atoms with E-state index >= 15 is 0 Å². The molecule has 2 saturated carbocycles. The van der Waals surface area contributed by atoms with Crippen molar-refractivity contribution >= 4 is 11.9 Å². The van der Waals surface area contributed by atoms with Gasteiger partial charge in [-0.2, -0.15) is 0 Å². The molecule has 0 spiro atoms. The lowest BCUT2D eigenvalue weighted by molar-refractivity contribution is -0.175. The number of hydrogen-bond acceptors (Lipinski definition) is 3. The van der Waals surface area contributed by atoms with Gasteiger partial charge in [0, 0.05) is 24.5 Å². The molecule has 0 aromatic heterocycles. The van der Waals surface area contributed by atoms with Crippen molar-refractivity contribution in [3.63, 3.8) is 0 Å². The van der Waals surface area contributed by atoms with Crippen LogP contribution in [0.15, 0.2) is 0 Å². The van der Waals surface area contributed by atoms with Crippen molar-refractivity contribution in [3.05, 3.63) is 0 Å². The molecule has 0 bridgehead atoms. The smallest absolute Gasteiger partial charge is 0.319 e. The fourth-order valence-electron chi connectivity index (χ4n) is 4.04. The van der Waals surface area contributed by atoms with E-state index in [4.69, 9.17) is 4.74 Å². The second kappa shape index (κ2) is 5.02. The fourth-order valence-corrected chi connectivity index (χ4v) is 4.04. The summed E-state index contributed by atoms with van der Waals surface area (Å²) in [5, 5.41) is 12.2. The number of amides is 1. The summed E-state index contributed by atoms with van der Waals surface area (Å²) in [5.74, 6) is -1.10. The summed E-state index contributed by atoms with van der Waals surface area (Å²) >= 11 is 0. The van der Waals surface area contributed by atoms with Gasteiger partial charge in [0.25, 0.3) is 0 Å². The molecule has 0 aliphatic heterocycles. The quantitative estimate of drug-likeness (QED) is 0.729. The molecule has 0 radical (unpaired) electrons. The van der Waals surface area contributed by atoms with Crippen LogP contribution in [0.3, 0.4) is 0 Å². The molecular weight excluding hydrogens is 258 g/mol. The molecule has 0 heterocycles. The topological polar surface area (TPSA) is 75.6 Å². The molecule has 0 aromatic rings. The van der Waals surface area contributed by atoms with Gasteiger partial charge in [-0.25, -0.2) is 0 Å².